The third-order valence-electron chi connectivity index (χ3n) is 3.81. The Morgan fingerprint density at radius 1 is 1.24 bits per heavy atom. The van der Waals surface area contributed by atoms with Gasteiger partial charge in [-0.2, -0.15) is 0 Å². The summed E-state index contributed by atoms with van der Waals surface area (Å²) >= 11 is 7.11. The molecule has 3 aromatic rings. The third-order valence-corrected chi connectivity index (χ3v) is 4.90. The quantitative estimate of drug-likeness (QED) is 0.350. The molecule has 148 valence electrons. The number of thiazole rings is 1. The molecule has 1 amide bonds. The minimum Gasteiger partial charge on any atom is -0.452 e. The first-order valence-corrected chi connectivity index (χ1v) is 9.53. The number of benzene rings is 2. The maximum atomic E-state index is 12.1. The Balaban J connectivity index is 1.59. The van der Waals surface area contributed by atoms with Crippen molar-refractivity contribution in [1.82, 2.24) is 4.98 Å². The van der Waals surface area contributed by atoms with E-state index in [4.69, 9.17) is 16.3 Å². The number of non-ortho nitro benzene ring substituents is 1. The number of carbonyl (C=O) groups is 2. The highest BCUT2D eigenvalue weighted by Gasteiger charge is 2.18. The first-order valence-electron chi connectivity index (χ1n) is 8.27. The van der Waals surface area contributed by atoms with Crippen LogP contribution in [0.5, 0.6) is 0 Å². The summed E-state index contributed by atoms with van der Waals surface area (Å²) in [5.41, 5.74) is 2.26. The number of nitro groups is 1. The molecular formula is C19H14ClN3O5S. The van der Waals surface area contributed by atoms with Crippen molar-refractivity contribution in [3.05, 3.63) is 74.1 Å². The number of amides is 1. The number of aryl methyl sites for hydroxylation is 1. The van der Waals surface area contributed by atoms with Gasteiger partial charge in [-0.05, 0) is 13.0 Å². The van der Waals surface area contributed by atoms with Crippen LogP contribution >= 0.6 is 22.9 Å². The van der Waals surface area contributed by atoms with E-state index < -0.39 is 23.4 Å². The number of halogens is 1. The van der Waals surface area contributed by atoms with E-state index in [1.54, 1.807) is 5.38 Å². The molecule has 0 saturated heterocycles. The Morgan fingerprint density at radius 2 is 1.97 bits per heavy atom. The van der Waals surface area contributed by atoms with Gasteiger partial charge in [0.25, 0.3) is 11.6 Å². The van der Waals surface area contributed by atoms with Crippen molar-refractivity contribution in [3.8, 4) is 11.3 Å². The van der Waals surface area contributed by atoms with Crippen molar-refractivity contribution in [1.29, 1.82) is 0 Å². The number of anilines is 1. The molecule has 3 rings (SSSR count). The predicted octanol–water partition coefficient (Wildman–Crippen LogP) is 4.48. The van der Waals surface area contributed by atoms with Crippen LogP contribution in [0.2, 0.25) is 5.02 Å². The van der Waals surface area contributed by atoms with Crippen molar-refractivity contribution >= 4 is 45.6 Å². The number of nitrogens with one attached hydrogen (secondary N) is 1. The van der Waals surface area contributed by atoms with Crippen molar-refractivity contribution in [2.75, 3.05) is 11.9 Å². The molecule has 0 bridgehead atoms. The first kappa shape index (κ1) is 20.4. The number of carbonyl (C=O) groups excluding carboxylic acids is 2. The SMILES string of the molecule is Cc1ccc(-c2csc(NC(=O)COC(=O)c3cc([N+](=O)[O-])ccc3Cl)n2)cc1. The van der Waals surface area contributed by atoms with Crippen LogP contribution in [0.4, 0.5) is 10.8 Å². The van der Waals surface area contributed by atoms with Gasteiger partial charge in [-0.1, -0.05) is 41.4 Å². The second-order valence-electron chi connectivity index (χ2n) is 5.95. The standard InChI is InChI=1S/C19H14ClN3O5S/c1-11-2-4-12(5-3-11)16-10-29-19(21-16)22-17(24)9-28-18(25)14-8-13(23(26)27)6-7-15(14)20/h2-8,10H,9H2,1H3,(H,21,22,24). The van der Waals surface area contributed by atoms with E-state index in [0.717, 1.165) is 17.2 Å². The molecule has 1 N–H and O–H groups in total. The number of nitrogens with zero attached hydrogens (tertiary/aromatic N) is 2. The molecule has 29 heavy (non-hydrogen) atoms. The fourth-order valence-electron chi connectivity index (χ4n) is 2.34. The molecule has 2 aromatic carbocycles. The zero-order valence-electron chi connectivity index (χ0n) is 15.0. The molecule has 0 fully saturated rings. The molecule has 0 atom stereocenters. The fourth-order valence-corrected chi connectivity index (χ4v) is 3.27. The number of esters is 1. The zero-order chi connectivity index (χ0) is 21.0. The molecule has 0 spiro atoms. The first-order chi connectivity index (χ1) is 13.8. The van der Waals surface area contributed by atoms with E-state index in [2.05, 4.69) is 10.3 Å². The van der Waals surface area contributed by atoms with Gasteiger partial charge in [-0.3, -0.25) is 20.2 Å². The molecule has 0 aliphatic heterocycles. The molecule has 0 aliphatic rings. The van der Waals surface area contributed by atoms with Crippen LogP contribution < -0.4 is 5.32 Å². The lowest BCUT2D eigenvalue weighted by atomic mass is 10.1. The van der Waals surface area contributed by atoms with Gasteiger partial charge in [-0.15, -0.1) is 11.3 Å². The van der Waals surface area contributed by atoms with Gasteiger partial charge in [0.1, 0.15) is 0 Å². The van der Waals surface area contributed by atoms with Crippen LogP contribution in [0.3, 0.4) is 0 Å². The summed E-state index contributed by atoms with van der Waals surface area (Å²) in [5.74, 6) is -1.53. The Hall–Kier alpha value is -3.30. The van der Waals surface area contributed by atoms with E-state index >= 15 is 0 Å². The number of hydrogen-bond acceptors (Lipinski definition) is 7. The second kappa shape index (κ2) is 8.80. The van der Waals surface area contributed by atoms with Crippen LogP contribution in [0.1, 0.15) is 15.9 Å². The Bertz CT molecular complexity index is 1080. The molecular weight excluding hydrogens is 418 g/mol. The number of rotatable bonds is 6. The highest BCUT2D eigenvalue weighted by molar-refractivity contribution is 7.14. The molecule has 0 aliphatic carbocycles. The van der Waals surface area contributed by atoms with Crippen molar-refractivity contribution in [3.63, 3.8) is 0 Å². The summed E-state index contributed by atoms with van der Waals surface area (Å²) < 4.78 is 4.90. The molecule has 1 heterocycles. The summed E-state index contributed by atoms with van der Waals surface area (Å²) in [7, 11) is 0. The number of hydrogen-bond donors (Lipinski definition) is 1. The fraction of sp³-hybridized carbons (Fsp3) is 0.105. The van der Waals surface area contributed by atoms with E-state index in [9.17, 15) is 19.7 Å². The average molecular weight is 432 g/mol. The van der Waals surface area contributed by atoms with Gasteiger partial charge in [0, 0.05) is 23.1 Å². The summed E-state index contributed by atoms with van der Waals surface area (Å²) in [6.45, 7) is 1.40. The van der Waals surface area contributed by atoms with Crippen molar-refractivity contribution in [2.24, 2.45) is 0 Å². The van der Waals surface area contributed by atoms with Gasteiger partial charge in [0.15, 0.2) is 11.7 Å². The van der Waals surface area contributed by atoms with Crippen LogP contribution in [0.25, 0.3) is 11.3 Å². The highest BCUT2D eigenvalue weighted by Crippen LogP contribution is 2.25. The maximum Gasteiger partial charge on any atom is 0.340 e. The van der Waals surface area contributed by atoms with Crippen LogP contribution in [0, 0.1) is 17.0 Å². The average Bonchev–Trinajstić information content (AvgIpc) is 3.15. The van der Waals surface area contributed by atoms with E-state index in [0.29, 0.717) is 10.8 Å². The van der Waals surface area contributed by atoms with Crippen LogP contribution in [-0.2, 0) is 9.53 Å². The Kier molecular flexibility index (Phi) is 6.20. The minimum absolute atomic E-state index is 0.0105. The number of ether oxygens (including phenoxy) is 1. The minimum atomic E-state index is -0.937. The highest BCUT2D eigenvalue weighted by atomic mass is 35.5. The lowest BCUT2D eigenvalue weighted by molar-refractivity contribution is -0.384. The largest absolute Gasteiger partial charge is 0.452 e. The Morgan fingerprint density at radius 3 is 2.66 bits per heavy atom. The summed E-state index contributed by atoms with van der Waals surface area (Å²) in [5, 5.41) is 15.5. The van der Waals surface area contributed by atoms with E-state index in [-0.39, 0.29) is 16.3 Å². The van der Waals surface area contributed by atoms with Crippen LogP contribution in [0.15, 0.2) is 47.8 Å². The van der Waals surface area contributed by atoms with E-state index in [1.807, 2.05) is 31.2 Å². The van der Waals surface area contributed by atoms with Gasteiger partial charge >= 0.3 is 5.97 Å². The molecule has 0 saturated carbocycles. The lowest BCUT2D eigenvalue weighted by Crippen LogP contribution is -2.21. The molecule has 8 nitrogen and oxygen atoms in total. The molecule has 0 radical (unpaired) electrons. The zero-order valence-corrected chi connectivity index (χ0v) is 16.6. The summed E-state index contributed by atoms with van der Waals surface area (Å²) in [4.78, 5) is 38.6. The lowest BCUT2D eigenvalue weighted by Gasteiger charge is -2.06. The summed E-state index contributed by atoms with van der Waals surface area (Å²) in [6.07, 6.45) is 0. The third kappa shape index (κ3) is 5.15. The van der Waals surface area contributed by atoms with E-state index in [1.165, 1.54) is 23.5 Å². The van der Waals surface area contributed by atoms with Gasteiger partial charge < -0.3 is 4.74 Å². The topological polar surface area (TPSA) is 111 Å². The number of nitro benzene ring substituents is 1. The smallest absolute Gasteiger partial charge is 0.340 e. The van der Waals surface area contributed by atoms with Crippen LogP contribution in [-0.4, -0.2) is 28.4 Å². The number of aromatic nitrogens is 1. The predicted molar refractivity (Wildman–Crippen MR) is 109 cm³/mol. The second-order valence-corrected chi connectivity index (χ2v) is 7.21. The van der Waals surface area contributed by atoms with Crippen molar-refractivity contribution < 1.29 is 19.2 Å². The maximum absolute atomic E-state index is 12.1. The molecule has 0 unspecified atom stereocenters. The monoisotopic (exact) mass is 431 g/mol. The van der Waals surface area contributed by atoms with Gasteiger partial charge in [0.05, 0.1) is 21.2 Å². The van der Waals surface area contributed by atoms with Gasteiger partial charge in [-0.25, -0.2) is 9.78 Å². The van der Waals surface area contributed by atoms with Crippen molar-refractivity contribution in [2.45, 2.75) is 6.92 Å². The summed E-state index contributed by atoms with van der Waals surface area (Å²) in [6, 6.07) is 11.2. The Labute approximate surface area is 174 Å². The normalized spacial score (nSPS) is 10.4. The molecule has 1 aromatic heterocycles. The molecule has 10 heteroatoms. The van der Waals surface area contributed by atoms with Gasteiger partial charge in [0.2, 0.25) is 0 Å².